The molecule has 0 aliphatic heterocycles. The first-order chi connectivity index (χ1) is 14.2. The molecule has 0 atom stereocenters. The molecule has 0 radical (unpaired) electrons. The number of aryl methyl sites for hydroxylation is 4. The Morgan fingerprint density at radius 3 is 2.60 bits per heavy atom. The van der Waals surface area contributed by atoms with E-state index in [1.54, 1.807) is 6.21 Å². The predicted octanol–water partition coefficient (Wildman–Crippen LogP) is 4.49. The van der Waals surface area contributed by atoms with E-state index in [1.165, 1.54) is 5.56 Å². The van der Waals surface area contributed by atoms with Crippen LogP contribution in [0.3, 0.4) is 0 Å². The standard InChI is InChI=1S/C24H26N4O2/c1-14-7-8-20(15(2)9-14)11-23(29)27-26-13-21-10-16(3)28(18(21)5)24-22(12-25)17(4)19(6)30-24/h7-10,13H,11H2,1-6H3,(H,27,29)/b26-13-. The molecule has 0 spiro atoms. The van der Waals surface area contributed by atoms with E-state index < -0.39 is 0 Å². The van der Waals surface area contributed by atoms with Crippen molar-refractivity contribution in [3.8, 4) is 12.0 Å². The van der Waals surface area contributed by atoms with Crippen LogP contribution in [-0.2, 0) is 11.2 Å². The van der Waals surface area contributed by atoms with Crippen molar-refractivity contribution in [1.29, 1.82) is 5.26 Å². The fraction of sp³-hybridized carbons (Fsp3) is 0.292. The van der Waals surface area contributed by atoms with Gasteiger partial charge in [0, 0.05) is 22.5 Å². The fourth-order valence-electron chi connectivity index (χ4n) is 3.56. The molecular weight excluding hydrogens is 376 g/mol. The van der Waals surface area contributed by atoms with Gasteiger partial charge in [-0.2, -0.15) is 10.4 Å². The number of nitrogens with zero attached hydrogens (tertiary/aromatic N) is 3. The lowest BCUT2D eigenvalue weighted by molar-refractivity contribution is -0.120. The van der Waals surface area contributed by atoms with Crippen LogP contribution < -0.4 is 5.43 Å². The van der Waals surface area contributed by atoms with Gasteiger partial charge < -0.3 is 4.42 Å². The molecule has 0 aliphatic rings. The van der Waals surface area contributed by atoms with E-state index in [9.17, 15) is 10.1 Å². The van der Waals surface area contributed by atoms with Gasteiger partial charge >= 0.3 is 0 Å². The highest BCUT2D eigenvalue weighted by atomic mass is 16.4. The summed E-state index contributed by atoms with van der Waals surface area (Å²) in [5, 5.41) is 13.6. The number of hydrazone groups is 1. The van der Waals surface area contributed by atoms with Crippen LogP contribution in [0.1, 0.15) is 50.5 Å². The number of benzene rings is 1. The molecule has 3 aromatic rings. The Bertz CT molecular complexity index is 1190. The summed E-state index contributed by atoms with van der Waals surface area (Å²) in [5.41, 5.74) is 9.86. The predicted molar refractivity (Wildman–Crippen MR) is 117 cm³/mol. The molecule has 2 heterocycles. The average Bonchev–Trinajstić information content (AvgIpc) is 3.12. The van der Waals surface area contributed by atoms with Crippen LogP contribution in [-0.4, -0.2) is 16.7 Å². The highest BCUT2D eigenvalue weighted by molar-refractivity contribution is 5.85. The molecule has 154 valence electrons. The summed E-state index contributed by atoms with van der Waals surface area (Å²) in [6.07, 6.45) is 1.90. The summed E-state index contributed by atoms with van der Waals surface area (Å²) in [4.78, 5) is 12.3. The number of carbonyl (C=O) groups excluding carboxylic acids is 1. The molecule has 0 bridgehead atoms. The highest BCUT2D eigenvalue weighted by Crippen LogP contribution is 2.28. The third-order valence-electron chi connectivity index (χ3n) is 5.39. The first kappa shape index (κ1) is 21.1. The lowest BCUT2D eigenvalue weighted by Crippen LogP contribution is -2.20. The maximum absolute atomic E-state index is 12.3. The van der Waals surface area contributed by atoms with Crippen molar-refractivity contribution in [3.05, 3.63) is 74.8 Å². The average molecular weight is 402 g/mol. The van der Waals surface area contributed by atoms with Gasteiger partial charge in [-0.25, -0.2) is 5.43 Å². The molecule has 0 fully saturated rings. The minimum atomic E-state index is -0.170. The second-order valence-corrected chi connectivity index (χ2v) is 7.64. The van der Waals surface area contributed by atoms with Crippen LogP contribution in [0.2, 0.25) is 0 Å². The molecule has 0 aliphatic carbocycles. The van der Waals surface area contributed by atoms with Gasteiger partial charge in [-0.05, 0) is 58.7 Å². The first-order valence-electron chi connectivity index (χ1n) is 9.80. The third-order valence-corrected chi connectivity index (χ3v) is 5.39. The Morgan fingerprint density at radius 1 is 1.20 bits per heavy atom. The van der Waals surface area contributed by atoms with E-state index in [2.05, 4.69) is 22.7 Å². The molecule has 3 rings (SSSR count). The molecule has 0 unspecified atom stereocenters. The number of nitriles is 1. The van der Waals surface area contributed by atoms with Crippen LogP contribution in [0.5, 0.6) is 0 Å². The second kappa shape index (κ2) is 8.42. The number of hydrogen-bond acceptors (Lipinski definition) is 4. The minimum absolute atomic E-state index is 0.170. The van der Waals surface area contributed by atoms with Crippen LogP contribution in [0.25, 0.3) is 5.88 Å². The summed E-state index contributed by atoms with van der Waals surface area (Å²) >= 11 is 0. The second-order valence-electron chi connectivity index (χ2n) is 7.64. The van der Waals surface area contributed by atoms with Crippen LogP contribution in [0, 0.1) is 52.9 Å². The molecule has 1 N–H and O–H groups in total. The van der Waals surface area contributed by atoms with Crippen molar-refractivity contribution in [2.75, 3.05) is 0 Å². The fourth-order valence-corrected chi connectivity index (χ4v) is 3.56. The van der Waals surface area contributed by atoms with Gasteiger partial charge in [0.2, 0.25) is 11.8 Å². The number of aromatic nitrogens is 1. The zero-order valence-corrected chi connectivity index (χ0v) is 18.3. The van der Waals surface area contributed by atoms with Crippen molar-refractivity contribution in [1.82, 2.24) is 9.99 Å². The first-order valence-corrected chi connectivity index (χ1v) is 9.80. The van der Waals surface area contributed by atoms with E-state index in [4.69, 9.17) is 4.42 Å². The van der Waals surface area contributed by atoms with Gasteiger partial charge in [-0.15, -0.1) is 0 Å². The number of hydrogen-bond donors (Lipinski definition) is 1. The van der Waals surface area contributed by atoms with Crippen LogP contribution in [0.4, 0.5) is 0 Å². The Balaban J connectivity index is 1.78. The molecular formula is C24H26N4O2. The molecule has 6 nitrogen and oxygen atoms in total. The van der Waals surface area contributed by atoms with E-state index in [0.29, 0.717) is 11.4 Å². The molecule has 0 saturated heterocycles. The summed E-state index contributed by atoms with van der Waals surface area (Å²) < 4.78 is 7.75. The maximum Gasteiger partial charge on any atom is 0.244 e. The number of amides is 1. The Morgan fingerprint density at radius 2 is 1.93 bits per heavy atom. The quantitative estimate of drug-likeness (QED) is 0.504. The third kappa shape index (κ3) is 4.06. The van der Waals surface area contributed by atoms with E-state index >= 15 is 0 Å². The topological polar surface area (TPSA) is 83.3 Å². The monoisotopic (exact) mass is 402 g/mol. The zero-order valence-electron chi connectivity index (χ0n) is 18.3. The lowest BCUT2D eigenvalue weighted by Gasteiger charge is -2.06. The number of rotatable bonds is 5. The summed E-state index contributed by atoms with van der Waals surface area (Å²) in [7, 11) is 0. The van der Waals surface area contributed by atoms with E-state index in [-0.39, 0.29) is 12.3 Å². The van der Waals surface area contributed by atoms with E-state index in [1.807, 2.05) is 64.3 Å². The molecule has 2 aromatic heterocycles. The largest absolute Gasteiger partial charge is 0.443 e. The van der Waals surface area contributed by atoms with Crippen molar-refractivity contribution < 1.29 is 9.21 Å². The van der Waals surface area contributed by atoms with Crippen molar-refractivity contribution >= 4 is 12.1 Å². The summed E-state index contributed by atoms with van der Waals surface area (Å²) in [6.45, 7) is 11.6. The number of furan rings is 1. The van der Waals surface area contributed by atoms with Crippen molar-refractivity contribution in [2.45, 2.75) is 48.0 Å². The van der Waals surface area contributed by atoms with Crippen molar-refractivity contribution in [2.24, 2.45) is 5.10 Å². The molecule has 1 aromatic carbocycles. The Kier molecular flexibility index (Phi) is 5.93. The smallest absolute Gasteiger partial charge is 0.244 e. The molecule has 30 heavy (non-hydrogen) atoms. The van der Waals surface area contributed by atoms with E-state index in [0.717, 1.165) is 39.4 Å². The minimum Gasteiger partial charge on any atom is -0.443 e. The van der Waals surface area contributed by atoms with Crippen LogP contribution >= 0.6 is 0 Å². The van der Waals surface area contributed by atoms with Crippen molar-refractivity contribution in [3.63, 3.8) is 0 Å². The molecule has 6 heteroatoms. The zero-order chi connectivity index (χ0) is 22.0. The van der Waals surface area contributed by atoms with Crippen LogP contribution in [0.15, 0.2) is 33.8 Å². The molecule has 0 saturated carbocycles. The highest BCUT2D eigenvalue weighted by Gasteiger charge is 2.20. The van der Waals surface area contributed by atoms with Gasteiger partial charge in [0.1, 0.15) is 17.4 Å². The summed E-state index contributed by atoms with van der Waals surface area (Å²) in [5.74, 6) is 1.07. The Hall–Kier alpha value is -3.59. The molecule has 1 amide bonds. The summed E-state index contributed by atoms with van der Waals surface area (Å²) in [6, 6.07) is 10.2. The van der Waals surface area contributed by atoms with Gasteiger partial charge in [0.15, 0.2) is 0 Å². The lowest BCUT2D eigenvalue weighted by atomic mass is 10.0. The maximum atomic E-state index is 12.3. The SMILES string of the molecule is Cc1ccc(CC(=O)N/N=C\c2cc(C)n(-c3oc(C)c(C)c3C#N)c2C)c(C)c1. The van der Waals surface area contributed by atoms with Gasteiger partial charge in [0.25, 0.3) is 0 Å². The van der Waals surface area contributed by atoms with Gasteiger partial charge in [0.05, 0.1) is 12.6 Å². The van der Waals surface area contributed by atoms with Gasteiger partial charge in [-0.1, -0.05) is 23.8 Å². The number of nitrogens with one attached hydrogen (secondary N) is 1. The van der Waals surface area contributed by atoms with Gasteiger partial charge in [-0.3, -0.25) is 9.36 Å². The Labute approximate surface area is 176 Å². The normalized spacial score (nSPS) is 11.1. The number of carbonyl (C=O) groups is 1.